The fourth-order valence-corrected chi connectivity index (χ4v) is 3.77. The van der Waals surface area contributed by atoms with Crippen molar-refractivity contribution in [2.24, 2.45) is 5.92 Å². The number of hydrogen-bond acceptors (Lipinski definition) is 2. The summed E-state index contributed by atoms with van der Waals surface area (Å²) in [5.41, 5.74) is 5.19. The number of carbonyl (C=O) groups is 1. The van der Waals surface area contributed by atoms with E-state index in [1.54, 1.807) is 0 Å². The van der Waals surface area contributed by atoms with Crippen molar-refractivity contribution >= 4 is 22.5 Å². The van der Waals surface area contributed by atoms with E-state index in [-0.39, 0.29) is 5.91 Å². The second kappa shape index (κ2) is 6.69. The van der Waals surface area contributed by atoms with Crippen LogP contribution in [0.2, 0.25) is 0 Å². The van der Waals surface area contributed by atoms with E-state index >= 15 is 0 Å². The van der Waals surface area contributed by atoms with Crippen molar-refractivity contribution in [1.29, 1.82) is 0 Å². The molecule has 1 amide bonds. The third-order valence-electron chi connectivity index (χ3n) is 4.85. The molecule has 0 atom stereocenters. The predicted molar refractivity (Wildman–Crippen MR) is 95.8 cm³/mol. The van der Waals surface area contributed by atoms with Crippen LogP contribution in [0.3, 0.4) is 0 Å². The largest absolute Gasteiger partial charge is 0.325 e. The molecule has 1 fully saturated rings. The zero-order valence-corrected chi connectivity index (χ0v) is 14.4. The molecule has 0 radical (unpaired) electrons. The molecule has 1 heterocycles. The highest BCUT2D eigenvalue weighted by atomic mass is 16.1. The fourth-order valence-electron chi connectivity index (χ4n) is 3.77. The van der Waals surface area contributed by atoms with Crippen molar-refractivity contribution in [3.05, 3.63) is 35.0 Å². The molecule has 0 unspecified atom stereocenters. The molecule has 1 aromatic carbocycles. The molecule has 1 aromatic heterocycles. The summed E-state index contributed by atoms with van der Waals surface area (Å²) in [6.07, 6.45) is 6.91. The smallest absolute Gasteiger partial charge is 0.224 e. The van der Waals surface area contributed by atoms with Crippen LogP contribution in [0.5, 0.6) is 0 Å². The molecule has 3 nitrogen and oxygen atoms in total. The number of pyridine rings is 1. The maximum atomic E-state index is 12.5. The van der Waals surface area contributed by atoms with Gasteiger partial charge in [-0.15, -0.1) is 0 Å². The van der Waals surface area contributed by atoms with Crippen LogP contribution in [0.4, 0.5) is 5.69 Å². The quantitative estimate of drug-likeness (QED) is 0.860. The Hall–Kier alpha value is -1.90. The van der Waals surface area contributed by atoms with Crippen LogP contribution < -0.4 is 5.32 Å². The van der Waals surface area contributed by atoms with E-state index in [0.717, 1.165) is 27.8 Å². The Bertz CT molecular complexity index is 730. The van der Waals surface area contributed by atoms with Gasteiger partial charge in [-0.05, 0) is 57.2 Å². The monoisotopic (exact) mass is 310 g/mol. The van der Waals surface area contributed by atoms with Crippen LogP contribution >= 0.6 is 0 Å². The molecular formula is C20H26N2O. The predicted octanol–water partition coefficient (Wildman–Crippen LogP) is 5.07. The average molecular weight is 310 g/mol. The molecule has 1 aliphatic rings. The first-order valence-corrected chi connectivity index (χ1v) is 8.71. The number of anilines is 1. The molecular weight excluding hydrogens is 284 g/mol. The van der Waals surface area contributed by atoms with Gasteiger partial charge in [0.05, 0.1) is 11.2 Å². The van der Waals surface area contributed by atoms with E-state index in [1.165, 1.54) is 37.7 Å². The molecule has 23 heavy (non-hydrogen) atoms. The van der Waals surface area contributed by atoms with E-state index in [9.17, 15) is 4.79 Å². The first-order valence-electron chi connectivity index (χ1n) is 8.71. The first-order chi connectivity index (χ1) is 11.0. The maximum absolute atomic E-state index is 12.5. The standard InChI is InChI=1S/C20H26N2O/c1-13-9-14(2)20-17(10-13)18(11-15(3)21-20)22-19(23)12-16-7-5-4-6-8-16/h9-11,16H,4-8,12H2,1-3H3,(H,21,22,23). The van der Waals surface area contributed by atoms with E-state index in [0.29, 0.717) is 12.3 Å². The molecule has 0 saturated heterocycles. The number of aryl methyl sites for hydroxylation is 3. The van der Waals surface area contributed by atoms with Gasteiger partial charge in [-0.1, -0.05) is 30.9 Å². The zero-order valence-electron chi connectivity index (χ0n) is 14.4. The summed E-state index contributed by atoms with van der Waals surface area (Å²) in [5.74, 6) is 0.698. The van der Waals surface area contributed by atoms with E-state index in [1.807, 2.05) is 13.0 Å². The molecule has 122 valence electrons. The number of aromatic nitrogens is 1. The number of hydrogen-bond donors (Lipinski definition) is 1. The third-order valence-corrected chi connectivity index (χ3v) is 4.85. The highest BCUT2D eigenvalue weighted by molar-refractivity contribution is 6.02. The highest BCUT2D eigenvalue weighted by Crippen LogP contribution is 2.29. The molecule has 3 heteroatoms. The van der Waals surface area contributed by atoms with Gasteiger partial charge in [-0.25, -0.2) is 0 Å². The minimum atomic E-state index is 0.142. The molecule has 0 bridgehead atoms. The maximum Gasteiger partial charge on any atom is 0.224 e. The Morgan fingerprint density at radius 3 is 2.61 bits per heavy atom. The van der Waals surface area contributed by atoms with Gasteiger partial charge in [0, 0.05) is 17.5 Å². The summed E-state index contributed by atoms with van der Waals surface area (Å²) >= 11 is 0. The summed E-state index contributed by atoms with van der Waals surface area (Å²) in [6.45, 7) is 6.14. The summed E-state index contributed by atoms with van der Waals surface area (Å²) in [6, 6.07) is 6.24. The van der Waals surface area contributed by atoms with Gasteiger partial charge in [0.1, 0.15) is 0 Å². The lowest BCUT2D eigenvalue weighted by atomic mass is 9.87. The molecule has 1 N–H and O–H groups in total. The Balaban J connectivity index is 1.85. The fraction of sp³-hybridized carbons (Fsp3) is 0.500. The molecule has 2 aromatic rings. The average Bonchev–Trinajstić information content (AvgIpc) is 2.49. The van der Waals surface area contributed by atoms with Crippen molar-refractivity contribution < 1.29 is 4.79 Å². The Morgan fingerprint density at radius 2 is 1.87 bits per heavy atom. The van der Waals surface area contributed by atoms with Crippen molar-refractivity contribution in [3.63, 3.8) is 0 Å². The number of benzene rings is 1. The minimum absolute atomic E-state index is 0.142. The van der Waals surface area contributed by atoms with Crippen LogP contribution in [-0.2, 0) is 4.79 Å². The summed E-state index contributed by atoms with van der Waals surface area (Å²) < 4.78 is 0. The highest BCUT2D eigenvalue weighted by Gasteiger charge is 2.18. The van der Waals surface area contributed by atoms with Gasteiger partial charge in [0.25, 0.3) is 0 Å². The lowest BCUT2D eigenvalue weighted by molar-refractivity contribution is -0.117. The van der Waals surface area contributed by atoms with Crippen LogP contribution in [0.15, 0.2) is 18.2 Å². The first kappa shape index (κ1) is 16.0. The number of nitrogens with one attached hydrogen (secondary N) is 1. The van der Waals surface area contributed by atoms with E-state index in [2.05, 4.69) is 36.3 Å². The molecule has 1 saturated carbocycles. The van der Waals surface area contributed by atoms with Gasteiger partial charge >= 0.3 is 0 Å². The second-order valence-corrected chi connectivity index (χ2v) is 7.05. The van der Waals surface area contributed by atoms with Gasteiger partial charge in [-0.3, -0.25) is 9.78 Å². The number of fused-ring (bicyclic) bond motifs is 1. The summed E-state index contributed by atoms with van der Waals surface area (Å²) in [4.78, 5) is 17.1. The van der Waals surface area contributed by atoms with E-state index in [4.69, 9.17) is 0 Å². The third kappa shape index (κ3) is 3.72. The summed E-state index contributed by atoms with van der Waals surface area (Å²) in [5, 5.41) is 4.19. The SMILES string of the molecule is Cc1cc(C)c2nc(C)cc(NC(=O)CC3CCCCC3)c2c1. The lowest BCUT2D eigenvalue weighted by Gasteiger charge is -2.21. The van der Waals surface area contributed by atoms with Crippen molar-refractivity contribution in [2.75, 3.05) is 5.32 Å². The minimum Gasteiger partial charge on any atom is -0.325 e. The molecule has 1 aliphatic carbocycles. The molecule has 3 rings (SSSR count). The van der Waals surface area contributed by atoms with Gasteiger partial charge in [0.2, 0.25) is 5.91 Å². The molecule has 0 aliphatic heterocycles. The van der Waals surface area contributed by atoms with Gasteiger partial charge in [0.15, 0.2) is 0 Å². The topological polar surface area (TPSA) is 42.0 Å². The number of amides is 1. The Labute approximate surface area is 138 Å². The van der Waals surface area contributed by atoms with E-state index < -0.39 is 0 Å². The van der Waals surface area contributed by atoms with Crippen molar-refractivity contribution in [1.82, 2.24) is 4.98 Å². The number of rotatable bonds is 3. The van der Waals surface area contributed by atoms with Crippen LogP contribution in [-0.4, -0.2) is 10.9 Å². The second-order valence-electron chi connectivity index (χ2n) is 7.05. The summed E-state index contributed by atoms with van der Waals surface area (Å²) in [7, 11) is 0. The zero-order chi connectivity index (χ0) is 16.4. The normalized spacial score (nSPS) is 15.8. The van der Waals surface area contributed by atoms with Crippen molar-refractivity contribution in [2.45, 2.75) is 59.3 Å². The van der Waals surface area contributed by atoms with Crippen LogP contribution in [0.1, 0.15) is 55.3 Å². The molecule has 0 spiro atoms. The van der Waals surface area contributed by atoms with Crippen molar-refractivity contribution in [3.8, 4) is 0 Å². The number of carbonyl (C=O) groups excluding carboxylic acids is 1. The lowest BCUT2D eigenvalue weighted by Crippen LogP contribution is -2.18. The Kier molecular flexibility index (Phi) is 4.65. The number of nitrogens with zero attached hydrogens (tertiary/aromatic N) is 1. The van der Waals surface area contributed by atoms with Crippen LogP contribution in [0.25, 0.3) is 10.9 Å². The van der Waals surface area contributed by atoms with Crippen LogP contribution in [0, 0.1) is 26.7 Å². The Morgan fingerprint density at radius 1 is 1.13 bits per heavy atom. The van der Waals surface area contributed by atoms with Gasteiger partial charge < -0.3 is 5.32 Å². The van der Waals surface area contributed by atoms with Gasteiger partial charge in [-0.2, -0.15) is 0 Å².